The molecular formula is C27H32N2O6. The fourth-order valence-electron chi connectivity index (χ4n) is 5.06. The minimum Gasteiger partial charge on any atom is -0.480 e. The summed E-state index contributed by atoms with van der Waals surface area (Å²) in [7, 11) is 1.47. The molecule has 1 fully saturated rings. The number of ether oxygens (including phenoxy) is 2. The smallest absolute Gasteiger partial charge is 0.407 e. The molecule has 8 heteroatoms. The quantitative estimate of drug-likeness (QED) is 0.596. The van der Waals surface area contributed by atoms with Crippen LogP contribution in [0.3, 0.4) is 0 Å². The van der Waals surface area contributed by atoms with Gasteiger partial charge in [-0.25, -0.2) is 9.59 Å². The Bertz CT molecular complexity index is 1030. The van der Waals surface area contributed by atoms with E-state index in [2.05, 4.69) is 29.6 Å². The molecule has 1 heterocycles. The maximum absolute atomic E-state index is 12.9. The highest BCUT2D eigenvalue weighted by Gasteiger charge is 2.32. The van der Waals surface area contributed by atoms with Gasteiger partial charge in [0.05, 0.1) is 12.5 Å². The van der Waals surface area contributed by atoms with E-state index in [-0.39, 0.29) is 31.4 Å². The molecule has 0 radical (unpaired) electrons. The van der Waals surface area contributed by atoms with Crippen molar-refractivity contribution in [3.8, 4) is 11.1 Å². The number of fused-ring (bicyclic) bond motifs is 3. The molecule has 1 saturated heterocycles. The molecule has 35 heavy (non-hydrogen) atoms. The topological polar surface area (TPSA) is 105 Å². The number of amides is 2. The molecule has 0 bridgehead atoms. The predicted octanol–water partition coefficient (Wildman–Crippen LogP) is 3.79. The second-order valence-corrected chi connectivity index (χ2v) is 9.06. The maximum Gasteiger partial charge on any atom is 0.407 e. The Kier molecular flexibility index (Phi) is 8.02. The number of rotatable bonds is 8. The van der Waals surface area contributed by atoms with Crippen molar-refractivity contribution in [2.75, 3.05) is 26.8 Å². The minimum atomic E-state index is -0.981. The van der Waals surface area contributed by atoms with Crippen molar-refractivity contribution in [2.24, 2.45) is 0 Å². The lowest BCUT2D eigenvalue weighted by atomic mass is 9.98. The zero-order chi connectivity index (χ0) is 24.8. The SMILES string of the molecule is COC(CNC(=O)OCC1c2ccccc2-c2ccccc21)CC(=O)N1CCCCCC1C(=O)O. The van der Waals surface area contributed by atoms with Gasteiger partial charge in [0.15, 0.2) is 0 Å². The van der Waals surface area contributed by atoms with Gasteiger partial charge in [0, 0.05) is 26.1 Å². The summed E-state index contributed by atoms with van der Waals surface area (Å²) in [5, 5.41) is 12.2. The first-order chi connectivity index (χ1) is 17.0. The van der Waals surface area contributed by atoms with Crippen LogP contribution in [0, 0.1) is 0 Å². The van der Waals surface area contributed by atoms with Gasteiger partial charge in [0.1, 0.15) is 12.6 Å². The van der Waals surface area contributed by atoms with Crippen LogP contribution in [0.5, 0.6) is 0 Å². The fraction of sp³-hybridized carbons (Fsp3) is 0.444. The first-order valence-corrected chi connectivity index (χ1v) is 12.1. The average Bonchev–Trinajstić information content (AvgIpc) is 3.00. The average molecular weight is 481 g/mol. The molecule has 2 aliphatic rings. The number of aliphatic carboxylic acids is 1. The van der Waals surface area contributed by atoms with Gasteiger partial charge in [-0.05, 0) is 35.1 Å². The number of nitrogens with one attached hydrogen (secondary N) is 1. The first kappa shape index (κ1) is 24.7. The lowest BCUT2D eigenvalue weighted by molar-refractivity contribution is -0.151. The molecule has 2 aromatic rings. The highest BCUT2D eigenvalue weighted by Crippen LogP contribution is 2.44. The summed E-state index contributed by atoms with van der Waals surface area (Å²) < 4.78 is 10.9. The van der Waals surface area contributed by atoms with Crippen LogP contribution in [0.15, 0.2) is 48.5 Å². The van der Waals surface area contributed by atoms with Gasteiger partial charge in [-0.15, -0.1) is 0 Å². The number of benzene rings is 2. The summed E-state index contributed by atoms with van der Waals surface area (Å²) in [6.07, 6.45) is 1.76. The van der Waals surface area contributed by atoms with Crippen LogP contribution >= 0.6 is 0 Å². The van der Waals surface area contributed by atoms with Crippen LogP contribution in [0.25, 0.3) is 11.1 Å². The molecule has 2 aromatic carbocycles. The van der Waals surface area contributed by atoms with Crippen LogP contribution in [0.2, 0.25) is 0 Å². The van der Waals surface area contributed by atoms with E-state index in [0.29, 0.717) is 13.0 Å². The van der Waals surface area contributed by atoms with Crippen LogP contribution in [0.1, 0.15) is 49.1 Å². The van der Waals surface area contributed by atoms with Crippen molar-refractivity contribution >= 4 is 18.0 Å². The number of methoxy groups -OCH3 is 1. The highest BCUT2D eigenvalue weighted by molar-refractivity contribution is 5.84. The van der Waals surface area contributed by atoms with E-state index in [1.807, 2.05) is 24.3 Å². The predicted molar refractivity (Wildman–Crippen MR) is 130 cm³/mol. The van der Waals surface area contributed by atoms with Gasteiger partial charge in [0.2, 0.25) is 5.91 Å². The monoisotopic (exact) mass is 480 g/mol. The largest absolute Gasteiger partial charge is 0.480 e. The number of carboxylic acid groups (broad SMARTS) is 1. The molecule has 4 rings (SSSR count). The molecule has 186 valence electrons. The Morgan fingerprint density at radius 3 is 2.31 bits per heavy atom. The molecule has 2 N–H and O–H groups in total. The maximum atomic E-state index is 12.9. The third-order valence-electron chi connectivity index (χ3n) is 6.91. The molecule has 2 unspecified atom stereocenters. The van der Waals surface area contributed by atoms with Crippen LogP contribution in [0.4, 0.5) is 4.79 Å². The Balaban J connectivity index is 1.30. The number of carboxylic acids is 1. The minimum absolute atomic E-state index is 0.00998. The van der Waals surface area contributed by atoms with Crippen LogP contribution in [-0.2, 0) is 19.1 Å². The third kappa shape index (κ3) is 5.65. The second kappa shape index (κ2) is 11.4. The van der Waals surface area contributed by atoms with E-state index >= 15 is 0 Å². The summed E-state index contributed by atoms with van der Waals surface area (Å²) in [6.45, 7) is 0.709. The summed E-state index contributed by atoms with van der Waals surface area (Å²) in [4.78, 5) is 38.4. The van der Waals surface area contributed by atoms with Gasteiger partial charge in [-0.2, -0.15) is 0 Å². The number of carbonyl (C=O) groups is 3. The Morgan fingerprint density at radius 1 is 1.03 bits per heavy atom. The van der Waals surface area contributed by atoms with Gasteiger partial charge in [-0.3, -0.25) is 4.79 Å². The third-order valence-corrected chi connectivity index (χ3v) is 6.91. The molecule has 8 nitrogen and oxygen atoms in total. The number of carbonyl (C=O) groups excluding carboxylic acids is 2. The highest BCUT2D eigenvalue weighted by atomic mass is 16.5. The Labute approximate surface area is 205 Å². The zero-order valence-corrected chi connectivity index (χ0v) is 19.9. The normalized spacial score (nSPS) is 18.2. The standard InChI is InChI=1S/C27H32N2O6/c1-34-18(15-25(30)29-14-8-2-3-13-24(29)26(31)32)16-28-27(33)35-17-23-21-11-6-4-9-19(21)20-10-5-7-12-22(20)23/h4-7,9-12,18,23-24H,2-3,8,13-17H2,1H3,(H,28,33)(H,31,32). The van der Waals surface area contributed by atoms with Crippen molar-refractivity contribution in [2.45, 2.75) is 50.2 Å². The Morgan fingerprint density at radius 2 is 1.69 bits per heavy atom. The van der Waals surface area contributed by atoms with Gasteiger partial charge in [0.25, 0.3) is 0 Å². The number of hydrogen-bond donors (Lipinski definition) is 2. The number of alkyl carbamates (subject to hydrolysis) is 1. The summed E-state index contributed by atoms with van der Waals surface area (Å²) in [6, 6.07) is 15.4. The molecule has 2 atom stereocenters. The van der Waals surface area contributed by atoms with Crippen molar-refractivity contribution in [1.82, 2.24) is 10.2 Å². The lowest BCUT2D eigenvalue weighted by Crippen LogP contribution is -2.46. The molecule has 2 amide bonds. The molecular weight excluding hydrogens is 448 g/mol. The van der Waals surface area contributed by atoms with E-state index in [1.165, 1.54) is 12.0 Å². The van der Waals surface area contributed by atoms with Crippen molar-refractivity contribution in [3.63, 3.8) is 0 Å². The van der Waals surface area contributed by atoms with Crippen molar-refractivity contribution in [3.05, 3.63) is 59.7 Å². The zero-order valence-electron chi connectivity index (χ0n) is 19.9. The first-order valence-electron chi connectivity index (χ1n) is 12.1. The van der Waals surface area contributed by atoms with Crippen LogP contribution in [-0.4, -0.2) is 66.9 Å². The van der Waals surface area contributed by atoms with Crippen molar-refractivity contribution in [1.29, 1.82) is 0 Å². The van der Waals surface area contributed by atoms with Gasteiger partial charge >= 0.3 is 12.1 Å². The van der Waals surface area contributed by atoms with Crippen molar-refractivity contribution < 1.29 is 29.0 Å². The Hall–Kier alpha value is -3.39. The molecule has 1 aliphatic carbocycles. The van der Waals surface area contributed by atoms with E-state index in [0.717, 1.165) is 41.5 Å². The molecule has 0 aromatic heterocycles. The summed E-state index contributed by atoms with van der Waals surface area (Å²) in [5.41, 5.74) is 4.58. The van der Waals surface area contributed by atoms with E-state index in [9.17, 15) is 19.5 Å². The number of likely N-dealkylation sites (tertiary alicyclic amines) is 1. The van der Waals surface area contributed by atoms with Crippen LogP contribution < -0.4 is 5.32 Å². The molecule has 0 spiro atoms. The van der Waals surface area contributed by atoms with E-state index in [4.69, 9.17) is 9.47 Å². The lowest BCUT2D eigenvalue weighted by Gasteiger charge is -2.28. The van der Waals surface area contributed by atoms with E-state index < -0.39 is 24.2 Å². The van der Waals surface area contributed by atoms with Gasteiger partial charge < -0.3 is 24.8 Å². The number of hydrogen-bond acceptors (Lipinski definition) is 5. The second-order valence-electron chi connectivity index (χ2n) is 9.06. The molecule has 1 aliphatic heterocycles. The fourth-order valence-corrected chi connectivity index (χ4v) is 5.06. The van der Waals surface area contributed by atoms with E-state index in [1.54, 1.807) is 0 Å². The molecule has 0 saturated carbocycles. The summed E-state index contributed by atoms with van der Waals surface area (Å²) >= 11 is 0. The van der Waals surface area contributed by atoms with Gasteiger partial charge in [-0.1, -0.05) is 61.4 Å². The summed E-state index contributed by atoms with van der Waals surface area (Å²) in [5.74, 6) is -1.30. The number of nitrogens with zero attached hydrogens (tertiary/aromatic N) is 1.